The van der Waals surface area contributed by atoms with E-state index in [0.29, 0.717) is 18.1 Å². The van der Waals surface area contributed by atoms with Crippen molar-refractivity contribution in [3.8, 4) is 22.8 Å². The number of hydrogen-bond acceptors (Lipinski definition) is 7. The average Bonchev–Trinajstić information content (AvgIpc) is 3.31. The van der Waals surface area contributed by atoms with Crippen LogP contribution < -0.4 is 10.7 Å². The normalized spacial score (nSPS) is 16.3. The molecule has 1 aliphatic rings. The second kappa shape index (κ2) is 11.0. The Balaban J connectivity index is 0.000000356. The number of nitrogens with zero attached hydrogens (tertiary/aromatic N) is 6. The number of aromatic nitrogens is 6. The van der Waals surface area contributed by atoms with Gasteiger partial charge in [0.15, 0.2) is 11.6 Å². The molecule has 182 valence electrons. The van der Waals surface area contributed by atoms with Gasteiger partial charge in [0.2, 0.25) is 5.43 Å². The minimum atomic E-state index is -0.575. The van der Waals surface area contributed by atoms with Crippen LogP contribution in [-0.2, 0) is 7.05 Å². The van der Waals surface area contributed by atoms with E-state index >= 15 is 0 Å². The predicted octanol–water partition coefficient (Wildman–Crippen LogP) is 2.99. The zero-order chi connectivity index (χ0) is 24.8. The summed E-state index contributed by atoms with van der Waals surface area (Å²) in [6, 6.07) is 9.16. The predicted molar refractivity (Wildman–Crippen MR) is 130 cm³/mol. The van der Waals surface area contributed by atoms with Gasteiger partial charge in [0.1, 0.15) is 17.6 Å². The first-order chi connectivity index (χ1) is 16.9. The van der Waals surface area contributed by atoms with Crippen molar-refractivity contribution >= 4 is 0 Å². The highest BCUT2D eigenvalue weighted by Gasteiger charge is 2.16. The smallest absolute Gasteiger partial charge is 0.203 e. The monoisotopic (exact) mass is 477 g/mol. The number of hydrogen-bond donors (Lipinski definition) is 2. The highest BCUT2D eigenvalue weighted by atomic mass is 19.1. The summed E-state index contributed by atoms with van der Waals surface area (Å²) in [4.78, 5) is 20.8. The van der Waals surface area contributed by atoms with Crippen LogP contribution in [0.25, 0.3) is 17.1 Å². The van der Waals surface area contributed by atoms with Crippen LogP contribution in [0.2, 0.25) is 0 Å². The lowest BCUT2D eigenvalue weighted by Crippen LogP contribution is -2.30. The van der Waals surface area contributed by atoms with Gasteiger partial charge in [-0.1, -0.05) is 25.1 Å². The molecule has 0 saturated carbocycles. The molecular weight excluding hydrogens is 449 g/mol. The first kappa shape index (κ1) is 24.2. The Morgan fingerprint density at radius 3 is 2.63 bits per heavy atom. The van der Waals surface area contributed by atoms with E-state index in [1.807, 2.05) is 44.4 Å². The van der Waals surface area contributed by atoms with Gasteiger partial charge in [-0.15, -0.1) is 0 Å². The molecule has 4 aromatic rings. The SMILES string of the molecule is CC(c1cccc(-c2ncc(O)cn2)c1)c1nn(-c2cnn(C)c2)ccc1=O.FC1CCCNC1. The van der Waals surface area contributed by atoms with Gasteiger partial charge in [-0.05, 0) is 31.0 Å². The Morgan fingerprint density at radius 1 is 1.20 bits per heavy atom. The largest absolute Gasteiger partial charge is 0.505 e. The topological polar surface area (TPSA) is 111 Å². The fraction of sp³-hybridized carbons (Fsp3) is 0.320. The van der Waals surface area contributed by atoms with Crippen LogP contribution in [0.15, 0.2) is 66.1 Å². The quantitative estimate of drug-likeness (QED) is 0.465. The number of nitrogens with one attached hydrogen (secondary N) is 1. The highest BCUT2D eigenvalue weighted by Crippen LogP contribution is 2.25. The van der Waals surface area contributed by atoms with Gasteiger partial charge in [-0.3, -0.25) is 9.48 Å². The Hall–Kier alpha value is -3.92. The maximum Gasteiger partial charge on any atom is 0.203 e. The highest BCUT2D eigenvalue weighted by molar-refractivity contribution is 5.56. The van der Waals surface area contributed by atoms with E-state index in [2.05, 4.69) is 25.5 Å². The lowest BCUT2D eigenvalue weighted by molar-refractivity contribution is 0.266. The van der Waals surface area contributed by atoms with Gasteiger partial charge in [0.25, 0.3) is 0 Å². The fourth-order valence-corrected chi connectivity index (χ4v) is 3.78. The van der Waals surface area contributed by atoms with E-state index < -0.39 is 6.17 Å². The summed E-state index contributed by atoms with van der Waals surface area (Å²) >= 11 is 0. The van der Waals surface area contributed by atoms with Crippen LogP contribution in [0, 0.1) is 0 Å². The molecule has 0 radical (unpaired) electrons. The summed E-state index contributed by atoms with van der Waals surface area (Å²) in [5.74, 6) is 0.284. The van der Waals surface area contributed by atoms with Crippen molar-refractivity contribution in [1.82, 2.24) is 34.8 Å². The van der Waals surface area contributed by atoms with E-state index in [-0.39, 0.29) is 17.1 Å². The van der Waals surface area contributed by atoms with Crippen molar-refractivity contribution < 1.29 is 9.50 Å². The Morgan fingerprint density at radius 2 is 2.00 bits per heavy atom. The number of aromatic hydroxyl groups is 1. The first-order valence-electron chi connectivity index (χ1n) is 11.5. The molecule has 10 heteroatoms. The summed E-state index contributed by atoms with van der Waals surface area (Å²) in [6.07, 6.45) is 9.04. The molecule has 2 N–H and O–H groups in total. The molecule has 2 unspecified atom stereocenters. The summed E-state index contributed by atoms with van der Waals surface area (Å²) in [6.45, 7) is 3.51. The molecule has 35 heavy (non-hydrogen) atoms. The van der Waals surface area contributed by atoms with Gasteiger partial charge in [-0.25, -0.2) is 19.0 Å². The third-order valence-corrected chi connectivity index (χ3v) is 5.72. The molecule has 1 fully saturated rings. The average molecular weight is 478 g/mol. The van der Waals surface area contributed by atoms with Crippen LogP contribution in [0.5, 0.6) is 5.75 Å². The third-order valence-electron chi connectivity index (χ3n) is 5.72. The summed E-state index contributed by atoms with van der Waals surface area (Å²) in [5.41, 5.74) is 2.81. The lowest BCUT2D eigenvalue weighted by Gasteiger charge is -2.14. The van der Waals surface area contributed by atoms with Crippen LogP contribution in [0.4, 0.5) is 4.39 Å². The zero-order valence-corrected chi connectivity index (χ0v) is 19.7. The van der Waals surface area contributed by atoms with Crippen LogP contribution >= 0.6 is 0 Å². The number of rotatable bonds is 4. The molecule has 4 heterocycles. The first-order valence-corrected chi connectivity index (χ1v) is 11.5. The molecule has 1 aromatic carbocycles. The summed E-state index contributed by atoms with van der Waals surface area (Å²) < 4.78 is 15.4. The van der Waals surface area contributed by atoms with Gasteiger partial charge in [-0.2, -0.15) is 10.2 Å². The van der Waals surface area contributed by atoms with Crippen LogP contribution in [-0.4, -0.2) is 53.9 Å². The minimum Gasteiger partial charge on any atom is -0.505 e. The molecule has 2 atom stereocenters. The van der Waals surface area contributed by atoms with Crippen molar-refractivity contribution in [1.29, 1.82) is 0 Å². The van der Waals surface area contributed by atoms with Crippen LogP contribution in [0.1, 0.15) is 36.9 Å². The van der Waals surface area contributed by atoms with Gasteiger partial charge < -0.3 is 10.4 Å². The maximum absolute atomic E-state index is 12.5. The number of alkyl halides is 1. The van der Waals surface area contributed by atoms with Gasteiger partial charge in [0, 0.05) is 37.3 Å². The van der Waals surface area contributed by atoms with E-state index in [0.717, 1.165) is 36.2 Å². The molecule has 0 amide bonds. The minimum absolute atomic E-state index is 0.0118. The number of aryl methyl sites for hydroxylation is 1. The second-order valence-electron chi connectivity index (χ2n) is 8.44. The standard InChI is InChI=1S/C20H18N6O2.C5H10FN/c1-13(14-4-3-5-15(8-14)20-21-10-17(27)11-22-20)19-18(28)6-7-26(24-19)16-9-23-25(2)12-16;6-5-2-1-3-7-4-5/h3-13,27H,1-2H3;5,7H,1-4H2. The summed E-state index contributed by atoms with van der Waals surface area (Å²) in [7, 11) is 1.83. The molecule has 0 aliphatic carbocycles. The number of halogens is 1. The van der Waals surface area contributed by atoms with E-state index in [1.165, 1.54) is 18.5 Å². The Kier molecular flexibility index (Phi) is 7.61. The third kappa shape index (κ3) is 6.15. The number of piperidine rings is 1. The molecule has 5 rings (SSSR count). The Labute approximate surface area is 202 Å². The lowest BCUT2D eigenvalue weighted by atomic mass is 9.95. The van der Waals surface area contributed by atoms with Crippen molar-refractivity contribution in [2.45, 2.75) is 31.9 Å². The summed E-state index contributed by atoms with van der Waals surface area (Å²) in [5, 5.41) is 21.0. The van der Waals surface area contributed by atoms with Gasteiger partial charge in [0.05, 0.1) is 24.8 Å². The second-order valence-corrected chi connectivity index (χ2v) is 8.44. The van der Waals surface area contributed by atoms with Crippen molar-refractivity contribution in [2.75, 3.05) is 13.1 Å². The van der Waals surface area contributed by atoms with E-state index in [4.69, 9.17) is 0 Å². The van der Waals surface area contributed by atoms with E-state index in [1.54, 1.807) is 21.8 Å². The zero-order valence-electron chi connectivity index (χ0n) is 19.7. The van der Waals surface area contributed by atoms with Crippen molar-refractivity contribution in [3.63, 3.8) is 0 Å². The van der Waals surface area contributed by atoms with Crippen molar-refractivity contribution in [2.24, 2.45) is 7.05 Å². The van der Waals surface area contributed by atoms with Gasteiger partial charge >= 0.3 is 0 Å². The molecule has 1 saturated heterocycles. The van der Waals surface area contributed by atoms with Crippen LogP contribution in [0.3, 0.4) is 0 Å². The number of benzene rings is 1. The molecule has 1 aliphatic heterocycles. The molecule has 3 aromatic heterocycles. The molecule has 0 spiro atoms. The molecular formula is C25H28FN7O2. The fourth-order valence-electron chi connectivity index (χ4n) is 3.78. The Bertz CT molecular complexity index is 1310. The van der Waals surface area contributed by atoms with Crippen molar-refractivity contribution in [3.05, 3.63) is 82.8 Å². The maximum atomic E-state index is 12.5. The molecule has 0 bridgehead atoms. The van der Waals surface area contributed by atoms with E-state index in [9.17, 15) is 14.3 Å². The molecule has 9 nitrogen and oxygen atoms in total.